The average molecular weight is 374 g/mol. The van der Waals surface area contributed by atoms with E-state index in [1.165, 1.54) is 11.8 Å². The predicted molar refractivity (Wildman–Crippen MR) is 97.4 cm³/mol. The van der Waals surface area contributed by atoms with E-state index in [2.05, 4.69) is 10.2 Å². The Labute approximate surface area is 151 Å². The molecule has 0 fully saturated rings. The second kappa shape index (κ2) is 8.31. The number of benzene rings is 2. The number of thioether (sulfide) groups is 1. The van der Waals surface area contributed by atoms with Gasteiger partial charge in [0.2, 0.25) is 5.89 Å². The van der Waals surface area contributed by atoms with Crippen molar-refractivity contribution in [3.63, 3.8) is 0 Å². The number of rotatable bonds is 8. The van der Waals surface area contributed by atoms with E-state index in [-0.39, 0.29) is 5.75 Å². The van der Waals surface area contributed by atoms with Crippen molar-refractivity contribution in [1.29, 1.82) is 0 Å². The lowest BCUT2D eigenvalue weighted by atomic mass is 10.2. The summed E-state index contributed by atoms with van der Waals surface area (Å²) in [7, 11) is -3.23. The van der Waals surface area contributed by atoms with Crippen LogP contribution in [-0.4, -0.2) is 30.1 Å². The van der Waals surface area contributed by atoms with Gasteiger partial charge in [-0.1, -0.05) is 60.3 Å². The third-order valence-electron chi connectivity index (χ3n) is 3.53. The molecule has 0 spiro atoms. The summed E-state index contributed by atoms with van der Waals surface area (Å²) in [6, 6.07) is 18.4. The second-order valence-corrected chi connectivity index (χ2v) is 8.61. The fraction of sp³-hybridized carbons (Fsp3) is 0.222. The summed E-state index contributed by atoms with van der Waals surface area (Å²) in [4.78, 5) is 0.364. The zero-order valence-corrected chi connectivity index (χ0v) is 15.2. The highest BCUT2D eigenvalue weighted by molar-refractivity contribution is 7.99. The van der Waals surface area contributed by atoms with Gasteiger partial charge in [0.1, 0.15) is 0 Å². The summed E-state index contributed by atoms with van der Waals surface area (Å²) in [6.07, 6.45) is 1.12. The first-order valence-electron chi connectivity index (χ1n) is 7.90. The molecule has 0 unspecified atom stereocenters. The van der Waals surface area contributed by atoms with Crippen LogP contribution < -0.4 is 0 Å². The van der Waals surface area contributed by atoms with Crippen LogP contribution in [0.3, 0.4) is 0 Å². The van der Waals surface area contributed by atoms with Gasteiger partial charge in [0.05, 0.1) is 17.1 Å². The van der Waals surface area contributed by atoms with E-state index in [0.717, 1.165) is 5.56 Å². The molecule has 130 valence electrons. The lowest BCUT2D eigenvalue weighted by molar-refractivity contribution is 0.420. The van der Waals surface area contributed by atoms with Gasteiger partial charge in [-0.15, -0.1) is 10.2 Å². The van der Waals surface area contributed by atoms with Gasteiger partial charge in [0.15, 0.2) is 9.84 Å². The van der Waals surface area contributed by atoms with Crippen molar-refractivity contribution in [3.05, 3.63) is 72.1 Å². The lowest BCUT2D eigenvalue weighted by Gasteiger charge is -2.03. The Morgan fingerprint density at radius 3 is 2.32 bits per heavy atom. The van der Waals surface area contributed by atoms with Crippen molar-refractivity contribution >= 4 is 21.6 Å². The van der Waals surface area contributed by atoms with Gasteiger partial charge in [-0.2, -0.15) is 0 Å². The number of hydrogen-bond donors (Lipinski definition) is 0. The third-order valence-corrected chi connectivity index (χ3v) is 6.25. The van der Waals surface area contributed by atoms with Crippen LogP contribution in [0.4, 0.5) is 0 Å². The molecule has 2 aromatic carbocycles. The van der Waals surface area contributed by atoms with Crippen LogP contribution in [0, 0.1) is 0 Å². The molecule has 3 rings (SSSR count). The summed E-state index contributed by atoms with van der Waals surface area (Å²) in [5, 5.41) is 8.51. The Morgan fingerprint density at radius 2 is 1.60 bits per heavy atom. The lowest BCUT2D eigenvalue weighted by Crippen LogP contribution is -2.07. The Bertz CT molecular complexity index is 894. The van der Waals surface area contributed by atoms with Crippen molar-refractivity contribution in [3.8, 4) is 0 Å². The number of aromatic nitrogens is 2. The van der Waals surface area contributed by atoms with Gasteiger partial charge in [0, 0.05) is 5.75 Å². The topological polar surface area (TPSA) is 73.1 Å². The highest BCUT2D eigenvalue weighted by atomic mass is 32.2. The van der Waals surface area contributed by atoms with Crippen molar-refractivity contribution in [2.24, 2.45) is 0 Å². The third kappa shape index (κ3) is 5.17. The van der Waals surface area contributed by atoms with E-state index < -0.39 is 9.84 Å². The zero-order chi connectivity index (χ0) is 17.5. The van der Waals surface area contributed by atoms with Gasteiger partial charge in [-0.05, 0) is 24.1 Å². The first-order chi connectivity index (χ1) is 12.1. The normalized spacial score (nSPS) is 11.5. The van der Waals surface area contributed by atoms with Gasteiger partial charge in [-0.25, -0.2) is 8.42 Å². The number of nitrogens with zero attached hydrogens (tertiary/aromatic N) is 2. The molecule has 3 aromatic rings. The van der Waals surface area contributed by atoms with E-state index in [0.29, 0.717) is 34.6 Å². The SMILES string of the molecule is O=S(=O)(CCCSc1nnc(Cc2ccccc2)o1)c1ccccc1. The minimum Gasteiger partial charge on any atom is -0.416 e. The first-order valence-corrected chi connectivity index (χ1v) is 10.5. The first kappa shape index (κ1) is 17.7. The fourth-order valence-electron chi connectivity index (χ4n) is 2.29. The van der Waals surface area contributed by atoms with E-state index in [1.807, 2.05) is 30.3 Å². The molecule has 0 aliphatic heterocycles. The number of sulfone groups is 1. The summed E-state index contributed by atoms with van der Waals surface area (Å²) >= 11 is 1.38. The standard InChI is InChI=1S/C18H18N2O3S2/c21-25(22,16-10-5-2-6-11-16)13-7-12-24-18-20-19-17(23-18)14-15-8-3-1-4-9-15/h1-6,8-11H,7,12-14H2. The van der Waals surface area contributed by atoms with Crippen LogP contribution >= 0.6 is 11.8 Å². The molecule has 0 aliphatic rings. The fourth-order valence-corrected chi connectivity index (χ4v) is 4.52. The molecule has 0 saturated heterocycles. The molecule has 0 N–H and O–H groups in total. The van der Waals surface area contributed by atoms with Crippen LogP contribution in [0.15, 0.2) is 75.2 Å². The molecule has 5 nitrogen and oxygen atoms in total. The molecule has 0 bridgehead atoms. The molecule has 7 heteroatoms. The highest BCUT2D eigenvalue weighted by Gasteiger charge is 2.14. The van der Waals surface area contributed by atoms with E-state index in [9.17, 15) is 8.42 Å². The number of hydrogen-bond acceptors (Lipinski definition) is 6. The quantitative estimate of drug-likeness (QED) is 0.443. The van der Waals surface area contributed by atoms with E-state index >= 15 is 0 Å². The summed E-state index contributed by atoms with van der Waals surface area (Å²) in [5.41, 5.74) is 1.11. The Kier molecular flexibility index (Phi) is 5.88. The molecular formula is C18H18N2O3S2. The van der Waals surface area contributed by atoms with Crippen LogP contribution in [0.2, 0.25) is 0 Å². The Morgan fingerprint density at radius 1 is 0.920 bits per heavy atom. The molecule has 25 heavy (non-hydrogen) atoms. The van der Waals surface area contributed by atoms with Crippen molar-refractivity contribution in [2.75, 3.05) is 11.5 Å². The van der Waals surface area contributed by atoms with Crippen LogP contribution in [-0.2, 0) is 16.3 Å². The predicted octanol–water partition coefficient (Wildman–Crippen LogP) is 3.62. The molecule has 0 atom stereocenters. The molecule has 0 radical (unpaired) electrons. The largest absolute Gasteiger partial charge is 0.416 e. The molecule has 0 saturated carbocycles. The minimum atomic E-state index is -3.23. The zero-order valence-electron chi connectivity index (χ0n) is 13.5. The maximum atomic E-state index is 12.2. The Hall–Kier alpha value is -2.12. The van der Waals surface area contributed by atoms with Crippen molar-refractivity contribution in [1.82, 2.24) is 10.2 Å². The maximum Gasteiger partial charge on any atom is 0.276 e. The monoisotopic (exact) mass is 374 g/mol. The molecule has 1 heterocycles. The van der Waals surface area contributed by atoms with E-state index in [1.54, 1.807) is 30.3 Å². The van der Waals surface area contributed by atoms with Gasteiger partial charge >= 0.3 is 0 Å². The summed E-state index contributed by atoms with van der Waals surface area (Å²) in [5.74, 6) is 1.28. The molecular weight excluding hydrogens is 356 g/mol. The summed E-state index contributed by atoms with van der Waals surface area (Å²) < 4.78 is 30.0. The summed E-state index contributed by atoms with van der Waals surface area (Å²) in [6.45, 7) is 0. The average Bonchev–Trinajstić information content (AvgIpc) is 3.08. The molecule has 0 aliphatic carbocycles. The Balaban J connectivity index is 1.47. The minimum absolute atomic E-state index is 0.106. The van der Waals surface area contributed by atoms with Crippen LogP contribution in [0.25, 0.3) is 0 Å². The van der Waals surface area contributed by atoms with Crippen molar-refractivity contribution in [2.45, 2.75) is 23.0 Å². The van der Waals surface area contributed by atoms with Crippen LogP contribution in [0.1, 0.15) is 17.9 Å². The van der Waals surface area contributed by atoms with Crippen LogP contribution in [0.5, 0.6) is 0 Å². The molecule has 1 aromatic heterocycles. The molecule has 0 amide bonds. The maximum absolute atomic E-state index is 12.2. The van der Waals surface area contributed by atoms with Crippen molar-refractivity contribution < 1.29 is 12.8 Å². The second-order valence-electron chi connectivity index (χ2n) is 5.46. The van der Waals surface area contributed by atoms with Gasteiger partial charge in [0.25, 0.3) is 5.22 Å². The van der Waals surface area contributed by atoms with Gasteiger partial charge in [-0.3, -0.25) is 0 Å². The highest BCUT2D eigenvalue weighted by Crippen LogP contribution is 2.20. The smallest absolute Gasteiger partial charge is 0.276 e. The van der Waals surface area contributed by atoms with Gasteiger partial charge < -0.3 is 4.42 Å². The van der Waals surface area contributed by atoms with E-state index in [4.69, 9.17) is 4.42 Å².